The van der Waals surface area contributed by atoms with Gasteiger partial charge >= 0.3 is 5.97 Å². The molecule has 0 atom stereocenters. The summed E-state index contributed by atoms with van der Waals surface area (Å²) in [6, 6.07) is 14.4. The van der Waals surface area contributed by atoms with Crippen molar-refractivity contribution in [2.75, 3.05) is 29.8 Å². The highest BCUT2D eigenvalue weighted by Gasteiger charge is 2.28. The van der Waals surface area contributed by atoms with E-state index in [1.54, 1.807) is 24.3 Å². The molecular weight excluding hydrogens is 404 g/mol. The molecule has 1 aliphatic rings. The molecular formula is C22H26N2O5S. The largest absolute Gasteiger partial charge is 0.460 e. The van der Waals surface area contributed by atoms with Gasteiger partial charge in [-0.15, -0.1) is 0 Å². The first-order chi connectivity index (χ1) is 14.3. The van der Waals surface area contributed by atoms with E-state index in [0.29, 0.717) is 37.1 Å². The lowest BCUT2D eigenvalue weighted by Crippen LogP contribution is -2.28. The number of sulfonamides is 1. The lowest BCUT2D eigenvalue weighted by molar-refractivity contribution is -0.121. The minimum atomic E-state index is -3.25. The Morgan fingerprint density at radius 1 is 1.07 bits per heavy atom. The quantitative estimate of drug-likeness (QED) is 0.513. The molecule has 0 unspecified atom stereocenters. The van der Waals surface area contributed by atoms with Crippen molar-refractivity contribution >= 4 is 27.6 Å². The molecule has 1 amide bonds. The highest BCUT2D eigenvalue weighted by atomic mass is 32.2. The Bertz CT molecular complexity index is 985. The lowest BCUT2D eigenvalue weighted by Gasteiger charge is -2.16. The molecule has 1 aliphatic heterocycles. The van der Waals surface area contributed by atoms with Crippen molar-refractivity contribution in [3.8, 4) is 0 Å². The van der Waals surface area contributed by atoms with Crippen molar-refractivity contribution in [2.45, 2.75) is 26.2 Å². The maximum absolute atomic E-state index is 12.1. The topological polar surface area (TPSA) is 92.8 Å². The second-order valence-electron chi connectivity index (χ2n) is 7.26. The number of ether oxygens (including phenoxy) is 1. The molecule has 1 fully saturated rings. The molecule has 0 bridgehead atoms. The van der Waals surface area contributed by atoms with Gasteiger partial charge in [-0.2, -0.15) is 0 Å². The first-order valence-corrected chi connectivity index (χ1v) is 11.6. The number of nitrogens with one attached hydrogen (secondary N) is 1. The van der Waals surface area contributed by atoms with Crippen molar-refractivity contribution in [1.82, 2.24) is 5.32 Å². The van der Waals surface area contributed by atoms with Gasteiger partial charge in [0.05, 0.1) is 23.5 Å². The van der Waals surface area contributed by atoms with Gasteiger partial charge in [-0.25, -0.2) is 13.2 Å². The monoisotopic (exact) mass is 430 g/mol. The summed E-state index contributed by atoms with van der Waals surface area (Å²) in [6.07, 6.45) is 1.63. The van der Waals surface area contributed by atoms with Crippen LogP contribution in [0.15, 0.2) is 48.5 Å². The summed E-state index contributed by atoms with van der Waals surface area (Å²) >= 11 is 0. The third-order valence-corrected chi connectivity index (χ3v) is 6.78. The Morgan fingerprint density at radius 3 is 2.40 bits per heavy atom. The Hall–Kier alpha value is -2.87. The molecule has 160 valence electrons. The summed E-state index contributed by atoms with van der Waals surface area (Å²) in [6.45, 7) is 2.78. The Labute approximate surface area is 177 Å². The Balaban J connectivity index is 1.38. The van der Waals surface area contributed by atoms with E-state index in [-0.39, 0.29) is 24.8 Å². The Kier molecular flexibility index (Phi) is 7.10. The number of aryl methyl sites for hydroxylation is 2. The molecule has 0 aromatic heterocycles. The van der Waals surface area contributed by atoms with E-state index in [1.165, 1.54) is 9.87 Å². The minimum Gasteiger partial charge on any atom is -0.460 e. The third-order valence-electron chi connectivity index (χ3n) is 4.91. The number of rotatable bonds is 8. The molecule has 8 heteroatoms. The fraction of sp³-hybridized carbons (Fsp3) is 0.364. The van der Waals surface area contributed by atoms with Crippen LogP contribution in [0, 0.1) is 6.92 Å². The van der Waals surface area contributed by atoms with Crippen LogP contribution in [0.5, 0.6) is 0 Å². The van der Waals surface area contributed by atoms with E-state index in [9.17, 15) is 18.0 Å². The molecule has 7 nitrogen and oxygen atoms in total. The van der Waals surface area contributed by atoms with Crippen LogP contribution < -0.4 is 9.62 Å². The fourth-order valence-corrected chi connectivity index (χ4v) is 4.78. The highest BCUT2D eigenvalue weighted by Crippen LogP contribution is 2.24. The Morgan fingerprint density at radius 2 is 1.77 bits per heavy atom. The van der Waals surface area contributed by atoms with E-state index in [0.717, 1.165) is 5.56 Å². The van der Waals surface area contributed by atoms with Crippen LogP contribution in [0.1, 0.15) is 34.3 Å². The van der Waals surface area contributed by atoms with Gasteiger partial charge < -0.3 is 10.1 Å². The van der Waals surface area contributed by atoms with Crippen LogP contribution in [0.25, 0.3) is 0 Å². The number of hydrogen-bond donors (Lipinski definition) is 1. The van der Waals surface area contributed by atoms with E-state index >= 15 is 0 Å². The number of nitrogens with zero attached hydrogens (tertiary/aromatic N) is 1. The molecule has 1 heterocycles. The predicted octanol–water partition coefficient (Wildman–Crippen LogP) is 2.44. The van der Waals surface area contributed by atoms with Gasteiger partial charge in [0.1, 0.15) is 6.61 Å². The van der Waals surface area contributed by atoms with E-state index in [2.05, 4.69) is 5.32 Å². The van der Waals surface area contributed by atoms with E-state index in [1.807, 2.05) is 31.2 Å². The van der Waals surface area contributed by atoms with Gasteiger partial charge in [0.2, 0.25) is 15.9 Å². The second kappa shape index (κ2) is 9.75. The fourth-order valence-electron chi connectivity index (χ4n) is 3.21. The highest BCUT2D eigenvalue weighted by molar-refractivity contribution is 7.93. The summed E-state index contributed by atoms with van der Waals surface area (Å²) in [5.74, 6) is -0.462. The molecule has 0 radical (unpaired) electrons. The third kappa shape index (κ3) is 5.82. The maximum atomic E-state index is 12.1. The van der Waals surface area contributed by atoms with Crippen molar-refractivity contribution in [3.63, 3.8) is 0 Å². The average molecular weight is 431 g/mol. The first kappa shape index (κ1) is 21.8. The molecule has 30 heavy (non-hydrogen) atoms. The molecule has 1 N–H and O–H groups in total. The van der Waals surface area contributed by atoms with Gasteiger partial charge in [-0.3, -0.25) is 9.10 Å². The molecule has 0 spiro atoms. The van der Waals surface area contributed by atoms with Crippen molar-refractivity contribution in [3.05, 3.63) is 65.2 Å². The average Bonchev–Trinajstić information content (AvgIpc) is 3.09. The normalized spacial score (nSPS) is 15.0. The molecule has 3 rings (SSSR count). The van der Waals surface area contributed by atoms with Crippen molar-refractivity contribution in [1.29, 1.82) is 0 Å². The van der Waals surface area contributed by atoms with Crippen molar-refractivity contribution in [2.24, 2.45) is 0 Å². The van der Waals surface area contributed by atoms with Gasteiger partial charge in [-0.1, -0.05) is 29.8 Å². The van der Waals surface area contributed by atoms with Crippen LogP contribution in [0.4, 0.5) is 5.69 Å². The number of anilines is 1. The number of carbonyl (C=O) groups excluding carboxylic acids is 2. The molecule has 2 aromatic carbocycles. The van der Waals surface area contributed by atoms with Gasteiger partial charge in [0, 0.05) is 13.0 Å². The smallest absolute Gasteiger partial charge is 0.338 e. The lowest BCUT2D eigenvalue weighted by atomic mass is 10.1. The number of carbonyl (C=O) groups is 2. The minimum absolute atomic E-state index is 0.0668. The second-order valence-corrected chi connectivity index (χ2v) is 9.27. The van der Waals surface area contributed by atoms with Crippen LogP contribution in [0.3, 0.4) is 0 Å². The van der Waals surface area contributed by atoms with Crippen LogP contribution in [-0.2, 0) is 26.0 Å². The van der Waals surface area contributed by atoms with Crippen LogP contribution >= 0.6 is 0 Å². The molecule has 1 saturated heterocycles. The van der Waals surface area contributed by atoms with Crippen molar-refractivity contribution < 1.29 is 22.7 Å². The predicted molar refractivity (Wildman–Crippen MR) is 115 cm³/mol. The number of amides is 1. The van der Waals surface area contributed by atoms with Gasteiger partial charge in [0.25, 0.3) is 0 Å². The van der Waals surface area contributed by atoms with Gasteiger partial charge in [0.15, 0.2) is 0 Å². The number of esters is 1. The summed E-state index contributed by atoms with van der Waals surface area (Å²) in [4.78, 5) is 24.0. The summed E-state index contributed by atoms with van der Waals surface area (Å²) < 4.78 is 30.4. The van der Waals surface area contributed by atoms with Gasteiger partial charge in [-0.05, 0) is 49.6 Å². The zero-order chi connectivity index (χ0) is 21.6. The molecule has 0 aliphatic carbocycles. The van der Waals surface area contributed by atoms with Crippen LogP contribution in [-0.4, -0.2) is 45.7 Å². The van der Waals surface area contributed by atoms with Crippen LogP contribution in [0.2, 0.25) is 0 Å². The zero-order valence-corrected chi connectivity index (χ0v) is 17.8. The zero-order valence-electron chi connectivity index (χ0n) is 17.0. The molecule has 2 aromatic rings. The first-order valence-electron chi connectivity index (χ1n) is 9.95. The maximum Gasteiger partial charge on any atom is 0.338 e. The summed E-state index contributed by atoms with van der Waals surface area (Å²) in [7, 11) is -3.25. The number of benzene rings is 2. The standard InChI is InChI=1S/C22H26N2O5S/c1-17-3-5-18(6-4-17)7-12-21(25)23-13-15-29-22(26)19-8-10-20(11-9-19)24-14-2-16-30(24,27)28/h3-6,8-11H,2,7,12-16H2,1H3,(H,23,25). The van der Waals surface area contributed by atoms with E-state index in [4.69, 9.17) is 4.74 Å². The van der Waals surface area contributed by atoms with E-state index < -0.39 is 16.0 Å². The summed E-state index contributed by atoms with van der Waals surface area (Å²) in [5.41, 5.74) is 3.17. The summed E-state index contributed by atoms with van der Waals surface area (Å²) in [5, 5.41) is 2.74. The SMILES string of the molecule is Cc1ccc(CCC(=O)NCCOC(=O)c2ccc(N3CCCS3(=O)=O)cc2)cc1. The number of hydrogen-bond acceptors (Lipinski definition) is 5. The molecule has 0 saturated carbocycles.